The maximum absolute atomic E-state index is 13.4. The lowest BCUT2D eigenvalue weighted by Gasteiger charge is -2.17. The maximum atomic E-state index is 13.4. The summed E-state index contributed by atoms with van der Waals surface area (Å²) in [4.78, 5) is 41.6. The van der Waals surface area contributed by atoms with Gasteiger partial charge in [0, 0.05) is 39.1 Å². The summed E-state index contributed by atoms with van der Waals surface area (Å²) in [5, 5.41) is 10.1. The summed E-state index contributed by atoms with van der Waals surface area (Å²) >= 11 is 0. The van der Waals surface area contributed by atoms with Crippen LogP contribution in [0.15, 0.2) is 33.9 Å². The number of aromatic nitrogens is 6. The fraction of sp³-hybridized carbons (Fsp3) is 0.333. The van der Waals surface area contributed by atoms with Crippen LogP contribution in [0.3, 0.4) is 0 Å². The van der Waals surface area contributed by atoms with E-state index in [4.69, 9.17) is 5.73 Å². The molecule has 0 saturated carbocycles. The molecule has 0 unspecified atom stereocenters. The molecule has 0 aliphatic heterocycles. The van der Waals surface area contributed by atoms with E-state index in [0.29, 0.717) is 47.6 Å². The molecule has 2 N–H and O–H groups in total. The molecule has 3 aromatic heterocycles. The number of nitrogens with zero attached hydrogens (tertiary/aromatic N) is 8. The predicted molar refractivity (Wildman–Crippen MR) is 121 cm³/mol. The van der Waals surface area contributed by atoms with Crippen molar-refractivity contribution in [2.75, 3.05) is 25.0 Å². The monoisotopic (exact) mass is 433 g/mol. The van der Waals surface area contributed by atoms with Crippen LogP contribution in [0.1, 0.15) is 18.4 Å². The minimum absolute atomic E-state index is 0.163. The number of nitriles is 1. The van der Waals surface area contributed by atoms with Gasteiger partial charge < -0.3 is 15.2 Å². The number of hydrogen-bond acceptors (Lipinski definition) is 8. The fourth-order valence-corrected chi connectivity index (χ4v) is 3.81. The second-order valence-electron chi connectivity index (χ2n) is 7.39. The molecule has 0 amide bonds. The molecule has 4 rings (SSSR count). The first kappa shape index (κ1) is 21.2. The van der Waals surface area contributed by atoms with Crippen LogP contribution in [0.2, 0.25) is 0 Å². The van der Waals surface area contributed by atoms with Gasteiger partial charge in [0.25, 0.3) is 5.56 Å². The SMILES string of the molecule is CCn1c(N(C)CCN)nc2c1c(=O)n(Cc1nc(C#N)c3ccccc3n1)c(=O)n2C. The van der Waals surface area contributed by atoms with E-state index in [2.05, 4.69) is 21.0 Å². The van der Waals surface area contributed by atoms with Crippen molar-refractivity contribution >= 4 is 28.0 Å². The Hall–Kier alpha value is -4.04. The summed E-state index contributed by atoms with van der Waals surface area (Å²) in [6.45, 7) is 3.20. The van der Waals surface area contributed by atoms with Crippen molar-refractivity contribution in [1.29, 1.82) is 5.26 Å². The lowest BCUT2D eigenvalue weighted by Crippen LogP contribution is -2.40. The van der Waals surface area contributed by atoms with Gasteiger partial charge in [0.15, 0.2) is 22.7 Å². The summed E-state index contributed by atoms with van der Waals surface area (Å²) in [7, 11) is 3.41. The van der Waals surface area contributed by atoms with Gasteiger partial charge in [-0.2, -0.15) is 10.2 Å². The average molecular weight is 433 g/mol. The molecule has 0 bridgehead atoms. The van der Waals surface area contributed by atoms with Crippen molar-refractivity contribution in [3.63, 3.8) is 0 Å². The molecule has 0 saturated heterocycles. The maximum Gasteiger partial charge on any atom is 0.332 e. The molecular formula is C21H23N9O2. The third-order valence-corrected chi connectivity index (χ3v) is 5.39. The average Bonchev–Trinajstić information content (AvgIpc) is 3.20. The molecule has 0 spiro atoms. The molecule has 4 aromatic rings. The summed E-state index contributed by atoms with van der Waals surface area (Å²) in [6, 6.07) is 9.18. The van der Waals surface area contributed by atoms with Gasteiger partial charge in [0.05, 0.1) is 12.1 Å². The number of nitrogens with two attached hydrogens (primary N) is 1. The summed E-state index contributed by atoms with van der Waals surface area (Å²) < 4.78 is 4.19. The Morgan fingerprint density at radius 3 is 2.59 bits per heavy atom. The quantitative estimate of drug-likeness (QED) is 0.454. The van der Waals surface area contributed by atoms with E-state index < -0.39 is 11.2 Å². The first-order chi connectivity index (χ1) is 15.4. The zero-order valence-electron chi connectivity index (χ0n) is 18.1. The molecule has 11 nitrogen and oxygen atoms in total. The van der Waals surface area contributed by atoms with Crippen LogP contribution in [0, 0.1) is 11.3 Å². The first-order valence-electron chi connectivity index (χ1n) is 10.2. The van der Waals surface area contributed by atoms with Crippen LogP contribution in [0.5, 0.6) is 0 Å². The number of fused-ring (bicyclic) bond motifs is 2. The Labute approximate surface area is 183 Å². The fourth-order valence-electron chi connectivity index (χ4n) is 3.81. The van der Waals surface area contributed by atoms with Crippen LogP contribution >= 0.6 is 0 Å². The van der Waals surface area contributed by atoms with Gasteiger partial charge in [-0.3, -0.25) is 13.9 Å². The van der Waals surface area contributed by atoms with E-state index in [1.54, 1.807) is 35.9 Å². The molecule has 32 heavy (non-hydrogen) atoms. The van der Waals surface area contributed by atoms with Gasteiger partial charge >= 0.3 is 5.69 Å². The highest BCUT2D eigenvalue weighted by atomic mass is 16.2. The van der Waals surface area contributed by atoms with Crippen LogP contribution in [-0.2, 0) is 20.1 Å². The number of aryl methyl sites for hydroxylation is 2. The molecule has 3 heterocycles. The Kier molecular flexibility index (Phi) is 5.46. The number of imidazole rings is 1. The molecule has 0 fully saturated rings. The molecule has 11 heteroatoms. The topological polar surface area (TPSA) is 141 Å². The molecule has 0 radical (unpaired) electrons. The van der Waals surface area contributed by atoms with Gasteiger partial charge in [-0.15, -0.1) is 0 Å². The largest absolute Gasteiger partial charge is 0.344 e. The normalized spacial score (nSPS) is 11.2. The Morgan fingerprint density at radius 1 is 1.16 bits per heavy atom. The van der Waals surface area contributed by atoms with Crippen molar-refractivity contribution < 1.29 is 0 Å². The number of rotatable bonds is 6. The van der Waals surface area contributed by atoms with E-state index in [9.17, 15) is 14.9 Å². The third-order valence-electron chi connectivity index (χ3n) is 5.39. The van der Waals surface area contributed by atoms with Crippen molar-refractivity contribution in [2.24, 2.45) is 12.8 Å². The minimum Gasteiger partial charge on any atom is -0.344 e. The first-order valence-corrected chi connectivity index (χ1v) is 10.2. The van der Waals surface area contributed by atoms with Gasteiger partial charge in [-0.25, -0.2) is 14.8 Å². The lowest BCUT2D eigenvalue weighted by atomic mass is 10.2. The van der Waals surface area contributed by atoms with Crippen molar-refractivity contribution in [2.45, 2.75) is 20.0 Å². The van der Waals surface area contributed by atoms with Crippen LogP contribution in [0.25, 0.3) is 22.1 Å². The number of likely N-dealkylation sites (N-methyl/N-ethyl adjacent to an activating group) is 1. The standard InChI is InChI=1S/C21H23N9O2/c1-4-29-17-18(26-20(29)27(2)10-9-22)28(3)21(32)30(19(17)31)12-16-24-14-8-6-5-7-13(14)15(11-23)25-16/h5-8H,4,9-10,12,22H2,1-3H3. The molecule has 0 atom stereocenters. The highest BCUT2D eigenvalue weighted by Crippen LogP contribution is 2.19. The van der Waals surface area contributed by atoms with Crippen LogP contribution < -0.4 is 21.9 Å². The number of hydrogen-bond donors (Lipinski definition) is 1. The number of para-hydroxylation sites is 1. The Bertz CT molecular complexity index is 1490. The van der Waals surface area contributed by atoms with Crippen LogP contribution in [-0.4, -0.2) is 48.8 Å². The highest BCUT2D eigenvalue weighted by molar-refractivity contribution is 5.83. The van der Waals surface area contributed by atoms with Crippen molar-refractivity contribution in [3.05, 3.63) is 56.6 Å². The summed E-state index contributed by atoms with van der Waals surface area (Å²) in [6.07, 6.45) is 0. The van der Waals surface area contributed by atoms with E-state index in [1.165, 1.54) is 4.57 Å². The molecule has 164 valence electrons. The highest BCUT2D eigenvalue weighted by Gasteiger charge is 2.22. The Morgan fingerprint density at radius 2 is 1.91 bits per heavy atom. The van der Waals surface area contributed by atoms with Gasteiger partial charge in [0.2, 0.25) is 5.95 Å². The summed E-state index contributed by atoms with van der Waals surface area (Å²) in [5.74, 6) is 0.772. The second-order valence-corrected chi connectivity index (χ2v) is 7.39. The van der Waals surface area contributed by atoms with Gasteiger partial charge in [-0.1, -0.05) is 12.1 Å². The van der Waals surface area contributed by atoms with Crippen molar-refractivity contribution in [3.8, 4) is 6.07 Å². The smallest absolute Gasteiger partial charge is 0.332 e. The molecule has 0 aliphatic rings. The van der Waals surface area contributed by atoms with Gasteiger partial charge in [-0.05, 0) is 19.1 Å². The minimum atomic E-state index is -0.536. The molecular weight excluding hydrogens is 410 g/mol. The van der Waals surface area contributed by atoms with Gasteiger partial charge in [0.1, 0.15) is 6.07 Å². The summed E-state index contributed by atoms with van der Waals surface area (Å²) in [5.41, 5.74) is 6.03. The lowest BCUT2D eigenvalue weighted by molar-refractivity contribution is 0.632. The van der Waals surface area contributed by atoms with E-state index in [0.717, 1.165) is 4.57 Å². The second kappa shape index (κ2) is 8.24. The van der Waals surface area contributed by atoms with E-state index in [1.807, 2.05) is 18.9 Å². The molecule has 0 aliphatic carbocycles. The number of benzene rings is 1. The Balaban J connectivity index is 1.93. The van der Waals surface area contributed by atoms with E-state index >= 15 is 0 Å². The zero-order valence-corrected chi connectivity index (χ0v) is 18.1. The van der Waals surface area contributed by atoms with E-state index in [-0.39, 0.29) is 18.1 Å². The van der Waals surface area contributed by atoms with Crippen LogP contribution in [0.4, 0.5) is 5.95 Å². The number of anilines is 1. The zero-order chi connectivity index (χ0) is 23.0. The molecule has 1 aromatic carbocycles. The third kappa shape index (κ3) is 3.30. The predicted octanol–water partition coefficient (Wildman–Crippen LogP) is 0.175. The van der Waals surface area contributed by atoms with Crippen molar-refractivity contribution in [1.82, 2.24) is 28.7 Å².